The van der Waals surface area contributed by atoms with Crippen LogP contribution in [0.4, 0.5) is 0 Å². The molecule has 2 aliphatic rings. The number of carbonyl (C=O) groups excluding carboxylic acids is 6. The van der Waals surface area contributed by atoms with Crippen molar-refractivity contribution in [3.8, 4) is 23.0 Å². The number of rotatable bonds is 14. The minimum atomic E-state index is -1.92. The second-order valence-electron chi connectivity index (χ2n) is 14.4. The van der Waals surface area contributed by atoms with Crippen molar-refractivity contribution in [2.75, 3.05) is 27.9 Å². The lowest BCUT2D eigenvalue weighted by Gasteiger charge is -2.48. The van der Waals surface area contributed by atoms with E-state index in [1.165, 1.54) is 40.4 Å². The zero-order valence-electron chi connectivity index (χ0n) is 36.0. The Bertz CT molecular complexity index is 2570. The normalized spacial score (nSPS) is 25.5. The summed E-state index contributed by atoms with van der Waals surface area (Å²) in [6.45, 7) is 7.09. The molecule has 0 saturated carbocycles. The summed E-state index contributed by atoms with van der Waals surface area (Å²) in [5.74, 6) is -5.91. The number of carbonyl (C=O) groups is 6. The van der Waals surface area contributed by atoms with E-state index in [-0.39, 0.29) is 55.7 Å². The highest BCUT2D eigenvalue weighted by molar-refractivity contribution is 6.22. The highest BCUT2D eigenvalue weighted by atomic mass is 16.8. The van der Waals surface area contributed by atoms with Gasteiger partial charge in [-0.25, -0.2) is 9.59 Å². The summed E-state index contributed by atoms with van der Waals surface area (Å²) in [6.07, 6.45) is -16.3. The van der Waals surface area contributed by atoms with Gasteiger partial charge in [-0.15, -0.1) is 0 Å². The molecule has 2 aromatic heterocycles. The van der Waals surface area contributed by atoms with Gasteiger partial charge in [-0.2, -0.15) is 0 Å². The van der Waals surface area contributed by atoms with Gasteiger partial charge in [0.15, 0.2) is 65.6 Å². The van der Waals surface area contributed by atoms with E-state index in [1.807, 2.05) is 0 Å². The minimum Gasteiger partial charge on any atom is -0.493 e. The molecule has 6 rings (SSSR count). The highest BCUT2D eigenvalue weighted by Crippen LogP contribution is 2.47. The predicted octanol–water partition coefficient (Wildman–Crippen LogP) is 1.97. The molecule has 346 valence electrons. The topological polar surface area (TPSA) is 283 Å². The molecule has 2 aromatic carbocycles. The molecule has 23 heteroatoms. The molecule has 0 spiro atoms. The zero-order chi connectivity index (χ0) is 46.9. The third kappa shape index (κ3) is 9.31. The van der Waals surface area contributed by atoms with E-state index in [0.29, 0.717) is 0 Å². The van der Waals surface area contributed by atoms with Gasteiger partial charge in [0.05, 0.1) is 38.2 Å². The van der Waals surface area contributed by atoms with Crippen molar-refractivity contribution >= 4 is 68.5 Å². The van der Waals surface area contributed by atoms with Gasteiger partial charge in [0, 0.05) is 52.3 Å². The Morgan fingerprint density at radius 2 is 0.984 bits per heavy atom. The molecule has 0 bridgehead atoms. The summed E-state index contributed by atoms with van der Waals surface area (Å²) >= 11 is 0. The Hall–Kier alpha value is -6.72. The number of esters is 6. The largest absolute Gasteiger partial charge is 0.493 e. The maximum absolute atomic E-state index is 13.8. The molecule has 2 saturated heterocycles. The Kier molecular flexibility index (Phi) is 13.8. The highest BCUT2D eigenvalue weighted by Gasteiger charge is 2.57. The van der Waals surface area contributed by atoms with Crippen LogP contribution in [0.2, 0.25) is 0 Å². The van der Waals surface area contributed by atoms with Gasteiger partial charge in [0.2, 0.25) is 17.8 Å². The maximum Gasteiger partial charge on any atom is 0.344 e. The Morgan fingerprint density at radius 1 is 0.531 bits per heavy atom. The molecular weight excluding hydrogens is 860 g/mol. The van der Waals surface area contributed by atoms with Crippen molar-refractivity contribution in [3.05, 3.63) is 33.0 Å². The molecule has 2 aliphatic heterocycles. The number of ether oxygens (including phenoxy) is 13. The van der Waals surface area contributed by atoms with Crippen molar-refractivity contribution in [3.63, 3.8) is 0 Å². The Morgan fingerprint density at radius 3 is 1.47 bits per heavy atom. The molecule has 4 aromatic rings. The number of methoxy groups -OCH3 is 3. The molecule has 0 N–H and O–H groups in total. The van der Waals surface area contributed by atoms with Crippen LogP contribution < -0.4 is 30.2 Å². The van der Waals surface area contributed by atoms with Crippen LogP contribution in [0.1, 0.15) is 48.5 Å². The molecule has 0 aliphatic carbocycles. The first kappa shape index (κ1) is 46.8. The summed E-state index contributed by atoms with van der Waals surface area (Å²) in [6, 6.07) is 2.51. The third-order valence-corrected chi connectivity index (χ3v) is 9.93. The average Bonchev–Trinajstić information content (AvgIpc) is 3.20. The average molecular weight is 905 g/mol. The van der Waals surface area contributed by atoms with Crippen molar-refractivity contribution in [1.29, 1.82) is 0 Å². The van der Waals surface area contributed by atoms with E-state index in [2.05, 4.69) is 0 Å². The zero-order valence-corrected chi connectivity index (χ0v) is 36.0. The lowest BCUT2D eigenvalue weighted by atomic mass is 9.96. The fraction of sp³-hybridized carbons (Fsp3) is 0.512. The fourth-order valence-electron chi connectivity index (χ4n) is 7.64. The molecular formula is C41H44O23. The Labute approximate surface area is 361 Å². The minimum absolute atomic E-state index is 0.00474. The first-order valence-corrected chi connectivity index (χ1v) is 19.4. The predicted molar refractivity (Wildman–Crippen MR) is 210 cm³/mol. The lowest BCUT2D eigenvalue weighted by molar-refractivity contribution is -0.356. The second kappa shape index (κ2) is 18.9. The van der Waals surface area contributed by atoms with Crippen LogP contribution in [0.25, 0.3) is 32.7 Å². The molecule has 10 atom stereocenters. The van der Waals surface area contributed by atoms with Crippen LogP contribution in [-0.2, 0) is 71.4 Å². The molecule has 10 unspecified atom stereocenters. The number of hydrogen-bond acceptors (Lipinski definition) is 23. The summed E-state index contributed by atoms with van der Waals surface area (Å²) in [7, 11) is 3.82. The van der Waals surface area contributed by atoms with E-state index in [4.69, 9.17) is 70.4 Å². The van der Waals surface area contributed by atoms with Gasteiger partial charge < -0.3 is 70.4 Å². The molecule has 0 amide bonds. The number of hydrogen-bond donors (Lipinski definition) is 0. The van der Waals surface area contributed by atoms with Gasteiger partial charge in [-0.05, 0) is 19.1 Å². The Balaban J connectivity index is 1.57. The van der Waals surface area contributed by atoms with Gasteiger partial charge >= 0.3 is 47.1 Å². The van der Waals surface area contributed by atoms with Gasteiger partial charge in [-0.3, -0.25) is 28.8 Å². The van der Waals surface area contributed by atoms with Crippen LogP contribution >= 0.6 is 0 Å². The third-order valence-electron chi connectivity index (χ3n) is 9.93. The van der Waals surface area contributed by atoms with Gasteiger partial charge in [-0.1, -0.05) is 0 Å². The van der Waals surface area contributed by atoms with Crippen LogP contribution in [0.15, 0.2) is 30.6 Å². The lowest BCUT2D eigenvalue weighted by Crippen LogP contribution is -2.67. The molecule has 0 radical (unpaired) electrons. The SMILES string of the molecule is COc1cc2c(=O)oc3c(OC)c(OC4OC(COC(C)=O)C(OC(C)=O)C(OC(C)=O)C4OC4OC(C)C(OC(C)=O)C(OC(C)=O)C4OC(C)=O)cc4c(=O)oc(c1OC)c2c34. The van der Waals surface area contributed by atoms with Crippen molar-refractivity contribution in [2.45, 2.75) is 110 Å². The quantitative estimate of drug-likeness (QED) is 0.0756. The van der Waals surface area contributed by atoms with Crippen LogP contribution in [0.5, 0.6) is 23.0 Å². The van der Waals surface area contributed by atoms with Crippen LogP contribution in [-0.4, -0.2) is 125 Å². The van der Waals surface area contributed by atoms with Crippen LogP contribution in [0.3, 0.4) is 0 Å². The first-order valence-electron chi connectivity index (χ1n) is 19.4. The van der Waals surface area contributed by atoms with E-state index in [0.717, 1.165) is 41.5 Å². The van der Waals surface area contributed by atoms with Crippen LogP contribution in [0, 0.1) is 0 Å². The first-order chi connectivity index (χ1) is 30.3. The molecule has 2 fully saturated rings. The van der Waals surface area contributed by atoms with E-state index >= 15 is 0 Å². The smallest absolute Gasteiger partial charge is 0.344 e. The fourth-order valence-corrected chi connectivity index (χ4v) is 7.64. The maximum atomic E-state index is 13.8. The summed E-state index contributed by atoms with van der Waals surface area (Å²) in [5.41, 5.74) is -2.35. The van der Waals surface area contributed by atoms with E-state index < -0.39 is 115 Å². The molecule has 23 nitrogen and oxygen atoms in total. The van der Waals surface area contributed by atoms with Gasteiger partial charge in [0.25, 0.3) is 0 Å². The molecule has 64 heavy (non-hydrogen) atoms. The standard InChI is InChI=1S/C41H44O23/c1-14-28(55-16(3)43)34(57-18(5)45)36(59-20(7)47)40(54-14)64-37-35(58-19(6)46)31(56-17(4)44)25(13-53-15(2)42)61-41(37)60-24-12-22-27-26-21(38(48)63-33(27)30(24)52-10)11-23(50-8)29(51-9)32(26)62-39(22)49/h11-12,14,25,28,31,34-37,40-41H,13H2,1-10H3. The summed E-state index contributed by atoms with van der Waals surface area (Å²) < 4.78 is 86.3. The molecule has 4 heterocycles. The van der Waals surface area contributed by atoms with E-state index in [1.54, 1.807) is 0 Å². The van der Waals surface area contributed by atoms with Crippen molar-refractivity contribution in [1.82, 2.24) is 0 Å². The summed E-state index contributed by atoms with van der Waals surface area (Å²) in [5, 5.41) is -0.0989. The summed E-state index contributed by atoms with van der Waals surface area (Å²) in [4.78, 5) is 102. The number of benzene rings is 2. The van der Waals surface area contributed by atoms with Crippen molar-refractivity contribution in [2.24, 2.45) is 0 Å². The second-order valence-corrected chi connectivity index (χ2v) is 14.4. The van der Waals surface area contributed by atoms with Gasteiger partial charge in [0.1, 0.15) is 12.7 Å². The monoisotopic (exact) mass is 904 g/mol. The van der Waals surface area contributed by atoms with E-state index in [9.17, 15) is 38.4 Å². The van der Waals surface area contributed by atoms with Crippen molar-refractivity contribution < 1.29 is 99.2 Å².